The smallest absolute Gasteiger partial charge is 0.293 e. The van der Waals surface area contributed by atoms with E-state index in [2.05, 4.69) is 10.3 Å². The summed E-state index contributed by atoms with van der Waals surface area (Å²) in [4.78, 5) is 27.5. The van der Waals surface area contributed by atoms with E-state index in [0.717, 1.165) is 0 Å². The molecule has 0 aliphatic heterocycles. The Morgan fingerprint density at radius 2 is 2.05 bits per heavy atom. The monoisotopic (exact) mass is 272 g/mol. The van der Waals surface area contributed by atoms with Gasteiger partial charge in [0.05, 0.1) is 5.69 Å². The largest absolute Gasteiger partial charge is 0.438 e. The van der Waals surface area contributed by atoms with E-state index in [9.17, 15) is 9.59 Å². The van der Waals surface area contributed by atoms with Gasteiger partial charge in [0.1, 0.15) is 0 Å². The van der Waals surface area contributed by atoms with Crippen molar-refractivity contribution in [2.75, 3.05) is 5.32 Å². The van der Waals surface area contributed by atoms with E-state index in [1.165, 1.54) is 13.3 Å². The van der Waals surface area contributed by atoms with Crippen molar-refractivity contribution in [1.82, 2.24) is 4.98 Å². The zero-order chi connectivity index (χ0) is 14.7. The summed E-state index contributed by atoms with van der Waals surface area (Å²) < 4.78 is 5.15. The minimum Gasteiger partial charge on any atom is -0.438 e. The number of ketones is 1. The molecular weight excluding hydrogens is 256 g/mol. The summed E-state index contributed by atoms with van der Waals surface area (Å²) in [5.41, 5.74) is 1.71. The van der Waals surface area contributed by atoms with Crippen LogP contribution >= 0.6 is 0 Å². The van der Waals surface area contributed by atoms with Crippen molar-refractivity contribution in [3.63, 3.8) is 0 Å². The molecule has 0 saturated carbocycles. The van der Waals surface area contributed by atoms with Crippen LogP contribution in [0, 0.1) is 0 Å². The van der Waals surface area contributed by atoms with Crippen LogP contribution < -0.4 is 5.32 Å². The van der Waals surface area contributed by atoms with Gasteiger partial charge >= 0.3 is 0 Å². The second-order valence-corrected chi connectivity index (χ2v) is 4.81. The zero-order valence-electron chi connectivity index (χ0n) is 11.6. The molecule has 0 spiro atoms. The maximum atomic E-state index is 12.2. The molecule has 0 bridgehead atoms. The van der Waals surface area contributed by atoms with Crippen LogP contribution in [0.5, 0.6) is 0 Å². The molecule has 5 heteroatoms. The number of aromatic nitrogens is 1. The van der Waals surface area contributed by atoms with Crippen LogP contribution in [0.3, 0.4) is 0 Å². The Balaban J connectivity index is 2.21. The van der Waals surface area contributed by atoms with Gasteiger partial charge in [-0.3, -0.25) is 9.59 Å². The number of nitrogens with one attached hydrogen (secondary N) is 1. The van der Waals surface area contributed by atoms with Gasteiger partial charge in [0.15, 0.2) is 12.2 Å². The minimum absolute atomic E-state index is 0.0522. The van der Waals surface area contributed by atoms with Crippen LogP contribution in [0.1, 0.15) is 53.3 Å². The number of benzene rings is 1. The molecule has 1 N–H and O–H groups in total. The SMILES string of the molecule is CC(=O)c1cccc(NC(=O)c2ocnc2C(C)C)c1. The molecule has 0 aliphatic rings. The lowest BCUT2D eigenvalue weighted by Gasteiger charge is -2.06. The lowest BCUT2D eigenvalue weighted by Crippen LogP contribution is -2.14. The highest BCUT2D eigenvalue weighted by Crippen LogP contribution is 2.19. The second-order valence-electron chi connectivity index (χ2n) is 4.81. The number of anilines is 1. The van der Waals surface area contributed by atoms with Crippen molar-refractivity contribution < 1.29 is 14.0 Å². The topological polar surface area (TPSA) is 72.2 Å². The summed E-state index contributed by atoms with van der Waals surface area (Å²) in [7, 11) is 0. The number of oxazole rings is 1. The van der Waals surface area contributed by atoms with Crippen molar-refractivity contribution in [1.29, 1.82) is 0 Å². The highest BCUT2D eigenvalue weighted by molar-refractivity contribution is 6.04. The molecule has 0 unspecified atom stereocenters. The molecule has 2 rings (SSSR count). The summed E-state index contributed by atoms with van der Waals surface area (Å²) in [5, 5.41) is 2.71. The standard InChI is InChI=1S/C15H16N2O3/c1-9(2)13-14(20-8-16-13)15(19)17-12-6-4-5-11(7-12)10(3)18/h4-9H,1-3H3,(H,17,19). The van der Waals surface area contributed by atoms with Crippen molar-refractivity contribution in [2.24, 2.45) is 0 Å². The van der Waals surface area contributed by atoms with Gasteiger partial charge in [0.2, 0.25) is 5.76 Å². The lowest BCUT2D eigenvalue weighted by atomic mass is 10.1. The quantitative estimate of drug-likeness (QED) is 0.867. The van der Waals surface area contributed by atoms with Crippen LogP contribution in [-0.2, 0) is 0 Å². The highest BCUT2D eigenvalue weighted by Gasteiger charge is 2.19. The van der Waals surface area contributed by atoms with Gasteiger partial charge in [-0.05, 0) is 25.0 Å². The summed E-state index contributed by atoms with van der Waals surface area (Å²) >= 11 is 0. The summed E-state index contributed by atoms with van der Waals surface area (Å²) in [5.74, 6) is -0.123. The predicted octanol–water partition coefficient (Wildman–Crippen LogP) is 3.25. The third-order valence-corrected chi connectivity index (χ3v) is 2.88. The molecule has 1 aromatic heterocycles. The Morgan fingerprint density at radius 1 is 1.30 bits per heavy atom. The normalized spacial score (nSPS) is 10.6. The summed E-state index contributed by atoms with van der Waals surface area (Å²) in [6.07, 6.45) is 1.26. The van der Waals surface area contributed by atoms with Crippen molar-refractivity contribution >= 4 is 17.4 Å². The molecule has 1 heterocycles. The predicted molar refractivity (Wildman–Crippen MR) is 75.0 cm³/mol. The number of amides is 1. The Kier molecular flexibility index (Phi) is 3.98. The van der Waals surface area contributed by atoms with Gasteiger partial charge in [0, 0.05) is 11.3 Å². The fraction of sp³-hybridized carbons (Fsp3) is 0.267. The number of nitrogens with zero attached hydrogens (tertiary/aromatic N) is 1. The van der Waals surface area contributed by atoms with E-state index in [-0.39, 0.29) is 23.4 Å². The van der Waals surface area contributed by atoms with Crippen molar-refractivity contribution in [3.8, 4) is 0 Å². The number of hydrogen-bond acceptors (Lipinski definition) is 4. The van der Waals surface area contributed by atoms with Crippen LogP contribution in [0.15, 0.2) is 35.1 Å². The zero-order valence-corrected chi connectivity index (χ0v) is 11.6. The number of rotatable bonds is 4. The Labute approximate surface area is 117 Å². The molecular formula is C15H16N2O3. The third kappa shape index (κ3) is 2.93. The molecule has 20 heavy (non-hydrogen) atoms. The number of hydrogen-bond donors (Lipinski definition) is 1. The van der Waals surface area contributed by atoms with Gasteiger partial charge in [0.25, 0.3) is 5.91 Å². The van der Waals surface area contributed by atoms with Gasteiger partial charge in [-0.15, -0.1) is 0 Å². The molecule has 2 aromatic rings. The van der Waals surface area contributed by atoms with E-state index < -0.39 is 0 Å². The summed E-state index contributed by atoms with van der Waals surface area (Å²) in [6, 6.07) is 6.77. The second kappa shape index (κ2) is 5.69. The van der Waals surface area contributed by atoms with Crippen LogP contribution in [0.2, 0.25) is 0 Å². The molecule has 5 nitrogen and oxygen atoms in total. The van der Waals surface area contributed by atoms with Gasteiger partial charge < -0.3 is 9.73 Å². The average molecular weight is 272 g/mol. The van der Waals surface area contributed by atoms with Crippen LogP contribution in [0.25, 0.3) is 0 Å². The minimum atomic E-state index is -0.369. The average Bonchev–Trinajstić information content (AvgIpc) is 2.88. The fourth-order valence-corrected chi connectivity index (χ4v) is 1.84. The molecule has 0 fully saturated rings. The van der Waals surface area contributed by atoms with Gasteiger partial charge in [-0.1, -0.05) is 26.0 Å². The first-order chi connectivity index (χ1) is 9.49. The number of carbonyl (C=O) groups is 2. The first-order valence-corrected chi connectivity index (χ1v) is 6.34. The van der Waals surface area contributed by atoms with Gasteiger partial charge in [-0.25, -0.2) is 4.98 Å². The Bertz CT molecular complexity index is 644. The number of Topliss-reactive ketones (excluding diaryl/α,β-unsaturated/α-hetero) is 1. The van der Waals surface area contributed by atoms with Crippen LogP contribution in [0.4, 0.5) is 5.69 Å². The Morgan fingerprint density at radius 3 is 2.70 bits per heavy atom. The first kappa shape index (κ1) is 14.0. The van der Waals surface area contributed by atoms with Crippen LogP contribution in [-0.4, -0.2) is 16.7 Å². The van der Waals surface area contributed by atoms with E-state index in [4.69, 9.17) is 4.42 Å². The molecule has 0 saturated heterocycles. The maximum absolute atomic E-state index is 12.2. The maximum Gasteiger partial charge on any atom is 0.293 e. The first-order valence-electron chi connectivity index (χ1n) is 6.34. The molecule has 1 amide bonds. The summed E-state index contributed by atoms with van der Waals surface area (Å²) in [6.45, 7) is 5.35. The van der Waals surface area contributed by atoms with E-state index in [1.807, 2.05) is 13.8 Å². The fourth-order valence-electron chi connectivity index (χ4n) is 1.84. The van der Waals surface area contributed by atoms with Crippen molar-refractivity contribution in [2.45, 2.75) is 26.7 Å². The van der Waals surface area contributed by atoms with Gasteiger partial charge in [-0.2, -0.15) is 0 Å². The molecule has 1 aromatic carbocycles. The van der Waals surface area contributed by atoms with Crippen molar-refractivity contribution in [3.05, 3.63) is 47.7 Å². The lowest BCUT2D eigenvalue weighted by molar-refractivity contribution is 0.0990. The Hall–Kier alpha value is -2.43. The molecule has 104 valence electrons. The molecule has 0 aliphatic carbocycles. The molecule has 0 radical (unpaired) electrons. The van der Waals surface area contributed by atoms with E-state index >= 15 is 0 Å². The molecule has 0 atom stereocenters. The highest BCUT2D eigenvalue weighted by atomic mass is 16.3. The third-order valence-electron chi connectivity index (χ3n) is 2.88. The number of carbonyl (C=O) groups excluding carboxylic acids is 2. The van der Waals surface area contributed by atoms with E-state index in [0.29, 0.717) is 16.9 Å². The van der Waals surface area contributed by atoms with E-state index in [1.54, 1.807) is 24.3 Å².